The standard InChI is InChI=1S/C14H17BrN2S/c1-2-10-3-5-11(6-4-10)9-13(17-16)14-12(15)7-8-18-14/h3-8,13,17H,2,9,16H2,1H3. The van der Waals surface area contributed by atoms with Crippen LogP contribution in [0.4, 0.5) is 0 Å². The van der Waals surface area contributed by atoms with Crippen molar-refractivity contribution in [3.05, 3.63) is 56.2 Å². The molecule has 2 rings (SSSR count). The second-order valence-corrected chi connectivity index (χ2v) is 6.03. The van der Waals surface area contributed by atoms with Gasteiger partial charge in [0.1, 0.15) is 0 Å². The molecule has 0 aliphatic carbocycles. The van der Waals surface area contributed by atoms with Gasteiger partial charge in [-0.05, 0) is 51.3 Å². The van der Waals surface area contributed by atoms with Gasteiger partial charge >= 0.3 is 0 Å². The average Bonchev–Trinajstić information content (AvgIpc) is 2.83. The van der Waals surface area contributed by atoms with Crippen molar-refractivity contribution in [2.45, 2.75) is 25.8 Å². The Labute approximate surface area is 120 Å². The minimum Gasteiger partial charge on any atom is -0.271 e. The van der Waals surface area contributed by atoms with Crippen molar-refractivity contribution >= 4 is 27.3 Å². The summed E-state index contributed by atoms with van der Waals surface area (Å²) >= 11 is 5.28. The van der Waals surface area contributed by atoms with Crippen LogP contribution in [-0.4, -0.2) is 0 Å². The van der Waals surface area contributed by atoms with Crippen LogP contribution in [0, 0.1) is 0 Å². The summed E-state index contributed by atoms with van der Waals surface area (Å²) in [5, 5.41) is 2.07. The van der Waals surface area contributed by atoms with Crippen LogP contribution in [-0.2, 0) is 12.8 Å². The predicted octanol–water partition coefficient (Wildman–Crippen LogP) is 3.82. The molecule has 1 aromatic carbocycles. The maximum atomic E-state index is 5.67. The summed E-state index contributed by atoms with van der Waals surface area (Å²) in [6.45, 7) is 2.17. The second-order valence-electron chi connectivity index (χ2n) is 4.23. The highest BCUT2D eigenvalue weighted by atomic mass is 79.9. The zero-order chi connectivity index (χ0) is 13.0. The first-order chi connectivity index (χ1) is 8.74. The molecule has 0 radical (unpaired) electrons. The first kappa shape index (κ1) is 13.7. The van der Waals surface area contributed by atoms with E-state index in [2.05, 4.69) is 64.0 Å². The van der Waals surface area contributed by atoms with Gasteiger partial charge in [0.25, 0.3) is 0 Å². The molecule has 1 unspecified atom stereocenters. The largest absolute Gasteiger partial charge is 0.271 e. The van der Waals surface area contributed by atoms with Crippen LogP contribution < -0.4 is 11.3 Å². The Morgan fingerprint density at radius 3 is 2.39 bits per heavy atom. The van der Waals surface area contributed by atoms with Crippen molar-refractivity contribution in [2.75, 3.05) is 0 Å². The number of halogens is 1. The zero-order valence-electron chi connectivity index (χ0n) is 10.3. The Kier molecular flexibility index (Phi) is 4.95. The lowest BCUT2D eigenvalue weighted by Crippen LogP contribution is -2.29. The summed E-state index contributed by atoms with van der Waals surface area (Å²) in [6.07, 6.45) is 1.98. The Morgan fingerprint density at radius 1 is 1.22 bits per heavy atom. The normalized spacial score (nSPS) is 12.6. The Morgan fingerprint density at radius 2 is 1.89 bits per heavy atom. The van der Waals surface area contributed by atoms with Gasteiger partial charge in [-0.15, -0.1) is 11.3 Å². The van der Waals surface area contributed by atoms with Gasteiger partial charge in [-0.3, -0.25) is 11.3 Å². The third-order valence-corrected chi connectivity index (χ3v) is 5.02. The van der Waals surface area contributed by atoms with Crippen molar-refractivity contribution < 1.29 is 0 Å². The molecule has 1 aromatic heterocycles. The van der Waals surface area contributed by atoms with Crippen LogP contribution in [0.2, 0.25) is 0 Å². The van der Waals surface area contributed by atoms with Crippen LogP contribution in [0.3, 0.4) is 0 Å². The van der Waals surface area contributed by atoms with E-state index in [0.717, 1.165) is 17.3 Å². The summed E-state index contributed by atoms with van der Waals surface area (Å²) in [6, 6.07) is 11.0. The highest BCUT2D eigenvalue weighted by Crippen LogP contribution is 2.30. The molecule has 18 heavy (non-hydrogen) atoms. The van der Waals surface area contributed by atoms with Crippen LogP contribution in [0.15, 0.2) is 40.2 Å². The summed E-state index contributed by atoms with van der Waals surface area (Å²) in [5.74, 6) is 5.67. The van der Waals surface area contributed by atoms with E-state index < -0.39 is 0 Å². The van der Waals surface area contributed by atoms with E-state index in [-0.39, 0.29) is 6.04 Å². The zero-order valence-corrected chi connectivity index (χ0v) is 12.7. The van der Waals surface area contributed by atoms with Crippen molar-refractivity contribution in [3.8, 4) is 0 Å². The molecule has 0 aliphatic rings. The lowest BCUT2D eigenvalue weighted by Gasteiger charge is -2.15. The molecule has 0 spiro atoms. The average molecular weight is 325 g/mol. The molecule has 0 bridgehead atoms. The number of nitrogens with two attached hydrogens (primary N) is 1. The number of thiophene rings is 1. The number of hydrogen-bond acceptors (Lipinski definition) is 3. The van der Waals surface area contributed by atoms with Crippen LogP contribution in [0.1, 0.15) is 29.0 Å². The molecule has 96 valence electrons. The first-order valence-corrected chi connectivity index (χ1v) is 7.68. The van der Waals surface area contributed by atoms with Crippen molar-refractivity contribution in [1.29, 1.82) is 0 Å². The van der Waals surface area contributed by atoms with E-state index in [1.54, 1.807) is 11.3 Å². The van der Waals surface area contributed by atoms with Gasteiger partial charge in [0, 0.05) is 9.35 Å². The number of rotatable bonds is 5. The van der Waals surface area contributed by atoms with Crippen LogP contribution in [0.5, 0.6) is 0 Å². The molecule has 0 aliphatic heterocycles. The number of hydrogen-bond donors (Lipinski definition) is 2. The molecular formula is C14H17BrN2S. The minimum atomic E-state index is 0.159. The molecule has 2 aromatic rings. The van der Waals surface area contributed by atoms with Gasteiger partial charge in [0.2, 0.25) is 0 Å². The fourth-order valence-corrected chi connectivity index (χ4v) is 3.64. The van der Waals surface area contributed by atoms with E-state index in [0.29, 0.717) is 0 Å². The Balaban J connectivity index is 2.13. The van der Waals surface area contributed by atoms with Gasteiger partial charge in [-0.25, -0.2) is 0 Å². The highest BCUT2D eigenvalue weighted by Gasteiger charge is 2.14. The molecule has 0 fully saturated rings. The lowest BCUT2D eigenvalue weighted by molar-refractivity contribution is 0.559. The minimum absolute atomic E-state index is 0.159. The SMILES string of the molecule is CCc1ccc(CC(NN)c2sccc2Br)cc1. The van der Waals surface area contributed by atoms with E-state index in [4.69, 9.17) is 5.84 Å². The highest BCUT2D eigenvalue weighted by molar-refractivity contribution is 9.10. The van der Waals surface area contributed by atoms with E-state index >= 15 is 0 Å². The van der Waals surface area contributed by atoms with Crippen LogP contribution in [0.25, 0.3) is 0 Å². The molecule has 2 nitrogen and oxygen atoms in total. The molecule has 1 heterocycles. The number of nitrogens with one attached hydrogen (secondary N) is 1. The predicted molar refractivity (Wildman–Crippen MR) is 81.6 cm³/mol. The van der Waals surface area contributed by atoms with E-state index in [1.807, 2.05) is 0 Å². The third kappa shape index (κ3) is 3.20. The summed E-state index contributed by atoms with van der Waals surface area (Å²) < 4.78 is 1.13. The first-order valence-electron chi connectivity index (χ1n) is 6.01. The molecule has 0 amide bonds. The summed E-state index contributed by atoms with van der Waals surface area (Å²) in [5.41, 5.74) is 5.57. The molecule has 4 heteroatoms. The topological polar surface area (TPSA) is 38.0 Å². The maximum Gasteiger partial charge on any atom is 0.0604 e. The lowest BCUT2D eigenvalue weighted by atomic mass is 10.0. The molecule has 1 atom stereocenters. The number of hydrazine groups is 1. The van der Waals surface area contributed by atoms with Gasteiger partial charge in [0.15, 0.2) is 0 Å². The maximum absolute atomic E-state index is 5.67. The molecule has 3 N–H and O–H groups in total. The summed E-state index contributed by atoms with van der Waals surface area (Å²) in [7, 11) is 0. The third-order valence-electron chi connectivity index (χ3n) is 3.03. The molecule has 0 saturated heterocycles. The second kappa shape index (κ2) is 6.48. The van der Waals surface area contributed by atoms with Crippen molar-refractivity contribution in [3.63, 3.8) is 0 Å². The molecule has 0 saturated carbocycles. The smallest absolute Gasteiger partial charge is 0.0604 e. The Bertz CT molecular complexity index is 493. The Hall–Kier alpha value is -0.680. The van der Waals surface area contributed by atoms with E-state index in [1.165, 1.54) is 16.0 Å². The fraction of sp³-hybridized carbons (Fsp3) is 0.286. The van der Waals surface area contributed by atoms with Crippen molar-refractivity contribution in [1.82, 2.24) is 5.43 Å². The van der Waals surface area contributed by atoms with E-state index in [9.17, 15) is 0 Å². The van der Waals surface area contributed by atoms with Gasteiger partial charge in [0.05, 0.1) is 6.04 Å². The van der Waals surface area contributed by atoms with Crippen molar-refractivity contribution in [2.24, 2.45) is 5.84 Å². The number of aryl methyl sites for hydroxylation is 1. The quantitative estimate of drug-likeness (QED) is 0.648. The van der Waals surface area contributed by atoms with Gasteiger partial charge in [-0.2, -0.15) is 0 Å². The van der Waals surface area contributed by atoms with Gasteiger partial charge < -0.3 is 0 Å². The summed E-state index contributed by atoms with van der Waals surface area (Å²) in [4.78, 5) is 1.25. The number of benzene rings is 1. The van der Waals surface area contributed by atoms with Crippen LogP contribution >= 0.6 is 27.3 Å². The fourth-order valence-electron chi connectivity index (χ4n) is 1.93. The monoisotopic (exact) mass is 324 g/mol. The molecular weight excluding hydrogens is 308 g/mol. The van der Waals surface area contributed by atoms with Gasteiger partial charge in [-0.1, -0.05) is 31.2 Å².